The molecule has 0 heterocycles. The van der Waals surface area contributed by atoms with E-state index in [1.165, 1.54) is 12.1 Å². The molecule has 5 nitrogen and oxygen atoms in total. The Morgan fingerprint density at radius 3 is 2.62 bits per heavy atom. The van der Waals surface area contributed by atoms with Crippen molar-refractivity contribution in [1.82, 2.24) is 5.32 Å². The number of rotatable bonds is 7. The molecule has 0 radical (unpaired) electrons. The summed E-state index contributed by atoms with van der Waals surface area (Å²) in [5, 5.41) is 2.78. The minimum Gasteiger partial charge on any atom is -0.385 e. The van der Waals surface area contributed by atoms with Crippen LogP contribution in [-0.4, -0.2) is 34.6 Å². The lowest BCUT2D eigenvalue weighted by Gasteiger charge is -2.09. The third-order valence-electron chi connectivity index (χ3n) is 2.58. The van der Waals surface area contributed by atoms with Gasteiger partial charge in [0.15, 0.2) is 0 Å². The summed E-state index contributed by atoms with van der Waals surface area (Å²) >= 11 is 8.94. The first-order valence-corrected chi connectivity index (χ1v) is 9.46. The highest BCUT2D eigenvalue weighted by Crippen LogP contribution is 2.33. The lowest BCUT2D eigenvalue weighted by atomic mass is 10.2. The molecule has 1 amide bonds. The molecule has 0 saturated carbocycles. The Morgan fingerprint density at radius 1 is 1.38 bits per heavy atom. The molecular weight excluding hydrogens is 405 g/mol. The van der Waals surface area contributed by atoms with E-state index >= 15 is 0 Å². The minimum atomic E-state index is -4.00. The number of methoxy groups -OCH3 is 1. The van der Waals surface area contributed by atoms with Crippen molar-refractivity contribution in [1.29, 1.82) is 0 Å². The second-order valence-corrected chi connectivity index (χ2v) is 7.90. The molecule has 21 heavy (non-hydrogen) atoms. The van der Waals surface area contributed by atoms with Gasteiger partial charge in [0, 0.05) is 36.5 Å². The van der Waals surface area contributed by atoms with Gasteiger partial charge in [-0.2, -0.15) is 0 Å². The zero-order valence-electron chi connectivity index (χ0n) is 11.2. The lowest BCUT2D eigenvalue weighted by molar-refractivity contribution is 0.0951. The molecule has 0 spiro atoms. The number of carbonyl (C=O) groups is 1. The standard InChI is InChI=1S/C12H14BrCl2NO4S/c1-20-5-3-2-4-16-12(17)8-6-9(14)11(13)10(7-8)21(15,18)19/h6-7H,2-5H2,1H3,(H,16,17). The molecule has 118 valence electrons. The Kier molecular flexibility index (Phi) is 7.42. The van der Waals surface area contributed by atoms with E-state index in [1.807, 2.05) is 0 Å². The van der Waals surface area contributed by atoms with E-state index in [9.17, 15) is 13.2 Å². The van der Waals surface area contributed by atoms with Gasteiger partial charge in [0.1, 0.15) is 0 Å². The first-order chi connectivity index (χ1) is 9.77. The zero-order chi connectivity index (χ0) is 16.0. The Morgan fingerprint density at radius 2 is 2.05 bits per heavy atom. The second-order valence-electron chi connectivity index (χ2n) is 4.16. The maximum Gasteiger partial charge on any atom is 0.262 e. The Balaban J connectivity index is 2.84. The fourth-order valence-electron chi connectivity index (χ4n) is 1.55. The Labute approximate surface area is 141 Å². The fraction of sp³-hybridized carbons (Fsp3) is 0.417. The summed E-state index contributed by atoms with van der Waals surface area (Å²) in [6, 6.07) is 2.56. The number of carbonyl (C=O) groups excluding carboxylic acids is 1. The number of nitrogens with one attached hydrogen (secondary N) is 1. The van der Waals surface area contributed by atoms with Gasteiger partial charge in [0.25, 0.3) is 15.0 Å². The number of unbranched alkanes of at least 4 members (excludes halogenated alkanes) is 1. The van der Waals surface area contributed by atoms with Crippen LogP contribution in [0.15, 0.2) is 21.5 Å². The van der Waals surface area contributed by atoms with Gasteiger partial charge in [-0.1, -0.05) is 11.6 Å². The Hall–Kier alpha value is -0.340. The molecule has 0 saturated heterocycles. The largest absolute Gasteiger partial charge is 0.385 e. The van der Waals surface area contributed by atoms with Crippen LogP contribution in [-0.2, 0) is 13.8 Å². The molecule has 1 aromatic carbocycles. The van der Waals surface area contributed by atoms with Crippen LogP contribution in [0.1, 0.15) is 23.2 Å². The first kappa shape index (κ1) is 18.7. The molecule has 1 rings (SSSR count). The second kappa shape index (κ2) is 8.33. The maximum atomic E-state index is 12.0. The number of halogens is 3. The van der Waals surface area contributed by atoms with Crippen molar-refractivity contribution in [2.24, 2.45) is 0 Å². The molecule has 0 aliphatic rings. The summed E-state index contributed by atoms with van der Waals surface area (Å²) < 4.78 is 27.9. The molecule has 0 aliphatic heterocycles. The monoisotopic (exact) mass is 417 g/mol. The van der Waals surface area contributed by atoms with E-state index in [-0.39, 0.29) is 20.0 Å². The number of amides is 1. The van der Waals surface area contributed by atoms with Gasteiger partial charge >= 0.3 is 0 Å². The third kappa shape index (κ3) is 5.75. The molecule has 0 bridgehead atoms. The van der Waals surface area contributed by atoms with Crippen molar-refractivity contribution in [2.45, 2.75) is 17.7 Å². The van der Waals surface area contributed by atoms with Crippen LogP contribution in [0.5, 0.6) is 0 Å². The predicted octanol–water partition coefficient (Wildman–Crippen LogP) is 3.19. The molecule has 0 aliphatic carbocycles. The van der Waals surface area contributed by atoms with E-state index in [0.717, 1.165) is 12.8 Å². The summed E-state index contributed by atoms with van der Waals surface area (Å²) in [7, 11) is 2.92. The van der Waals surface area contributed by atoms with E-state index in [0.29, 0.717) is 13.2 Å². The van der Waals surface area contributed by atoms with Gasteiger partial charge in [-0.3, -0.25) is 4.79 Å². The van der Waals surface area contributed by atoms with Gasteiger partial charge < -0.3 is 10.1 Å². The fourth-order valence-corrected chi connectivity index (χ4v) is 3.93. The van der Waals surface area contributed by atoms with Crippen LogP contribution < -0.4 is 5.32 Å². The molecule has 1 N–H and O–H groups in total. The first-order valence-electron chi connectivity index (χ1n) is 5.98. The van der Waals surface area contributed by atoms with E-state index in [1.54, 1.807) is 7.11 Å². The van der Waals surface area contributed by atoms with Crippen LogP contribution in [0.3, 0.4) is 0 Å². The van der Waals surface area contributed by atoms with Gasteiger partial charge in [-0.15, -0.1) is 0 Å². The maximum absolute atomic E-state index is 12.0. The van der Waals surface area contributed by atoms with Gasteiger partial charge in [-0.25, -0.2) is 8.42 Å². The summed E-state index contributed by atoms with van der Waals surface area (Å²) in [6.07, 6.45) is 1.57. The quantitative estimate of drug-likeness (QED) is 0.545. The van der Waals surface area contributed by atoms with Gasteiger partial charge in [-0.05, 0) is 40.9 Å². The normalized spacial score (nSPS) is 11.4. The predicted molar refractivity (Wildman–Crippen MR) is 85.6 cm³/mol. The Bertz CT molecular complexity index is 622. The van der Waals surface area contributed by atoms with Crippen LogP contribution in [0.2, 0.25) is 5.02 Å². The van der Waals surface area contributed by atoms with Crippen molar-refractivity contribution >= 4 is 53.2 Å². The smallest absolute Gasteiger partial charge is 0.262 e. The number of hydrogen-bond donors (Lipinski definition) is 1. The average molecular weight is 419 g/mol. The lowest BCUT2D eigenvalue weighted by Crippen LogP contribution is -2.24. The minimum absolute atomic E-state index is 0.0984. The van der Waals surface area contributed by atoms with Crippen LogP contribution in [0.4, 0.5) is 0 Å². The molecule has 0 aromatic heterocycles. The highest BCUT2D eigenvalue weighted by atomic mass is 79.9. The number of hydrogen-bond acceptors (Lipinski definition) is 4. The molecule has 0 unspecified atom stereocenters. The summed E-state index contributed by atoms with van der Waals surface area (Å²) in [6.45, 7) is 1.08. The van der Waals surface area contributed by atoms with Crippen LogP contribution >= 0.6 is 38.2 Å². The number of ether oxygens (including phenoxy) is 1. The van der Waals surface area contributed by atoms with Crippen molar-refractivity contribution in [3.05, 3.63) is 27.2 Å². The number of benzene rings is 1. The van der Waals surface area contributed by atoms with Crippen molar-refractivity contribution < 1.29 is 17.9 Å². The SMILES string of the molecule is COCCCCNC(=O)c1cc(Cl)c(Br)c(S(=O)(=O)Cl)c1. The van der Waals surface area contributed by atoms with Crippen molar-refractivity contribution in [3.63, 3.8) is 0 Å². The molecule has 9 heteroatoms. The molecular formula is C12H14BrCl2NO4S. The van der Waals surface area contributed by atoms with E-state index in [2.05, 4.69) is 21.2 Å². The van der Waals surface area contributed by atoms with E-state index < -0.39 is 15.0 Å². The average Bonchev–Trinajstić information content (AvgIpc) is 2.39. The van der Waals surface area contributed by atoms with Gasteiger partial charge in [0.2, 0.25) is 0 Å². The summed E-state index contributed by atoms with van der Waals surface area (Å²) in [4.78, 5) is 11.7. The van der Waals surface area contributed by atoms with Crippen molar-refractivity contribution in [2.75, 3.05) is 20.3 Å². The van der Waals surface area contributed by atoms with Crippen molar-refractivity contribution in [3.8, 4) is 0 Å². The molecule has 0 fully saturated rings. The summed E-state index contributed by atoms with van der Waals surface area (Å²) in [5.74, 6) is -0.414. The highest BCUT2D eigenvalue weighted by molar-refractivity contribution is 9.10. The highest BCUT2D eigenvalue weighted by Gasteiger charge is 2.20. The van der Waals surface area contributed by atoms with E-state index in [4.69, 9.17) is 27.0 Å². The van der Waals surface area contributed by atoms with Gasteiger partial charge in [0.05, 0.1) is 14.4 Å². The third-order valence-corrected chi connectivity index (χ3v) is 5.57. The molecule has 1 aromatic rings. The summed E-state index contributed by atoms with van der Waals surface area (Å²) in [5.41, 5.74) is 0.133. The zero-order valence-corrected chi connectivity index (χ0v) is 15.1. The topological polar surface area (TPSA) is 72.5 Å². The molecule has 0 atom stereocenters. The van der Waals surface area contributed by atoms with Crippen LogP contribution in [0, 0.1) is 0 Å². The van der Waals surface area contributed by atoms with Crippen LogP contribution in [0.25, 0.3) is 0 Å².